The lowest BCUT2D eigenvalue weighted by atomic mass is 9.78. The second-order valence-corrected chi connectivity index (χ2v) is 7.54. The average Bonchev–Trinajstić information content (AvgIpc) is 3.17. The van der Waals surface area contributed by atoms with Crippen LogP contribution in [-0.2, 0) is 16.8 Å². The quantitative estimate of drug-likeness (QED) is 0.682. The van der Waals surface area contributed by atoms with E-state index in [4.69, 9.17) is 0 Å². The van der Waals surface area contributed by atoms with Crippen LogP contribution in [0.3, 0.4) is 0 Å². The molecule has 140 valence electrons. The molecule has 3 N–H and O–H groups in total. The maximum atomic E-state index is 12.3. The summed E-state index contributed by atoms with van der Waals surface area (Å²) in [6.45, 7) is 2.16. The molecule has 1 aromatic heterocycles. The lowest BCUT2D eigenvalue weighted by Gasteiger charge is -2.46. The minimum atomic E-state index is -0.727. The molecule has 3 rings (SSSR count). The van der Waals surface area contributed by atoms with Gasteiger partial charge in [-0.15, -0.1) is 0 Å². The molecule has 1 aliphatic rings. The van der Waals surface area contributed by atoms with Gasteiger partial charge < -0.3 is 20.3 Å². The third-order valence-corrected chi connectivity index (χ3v) is 5.52. The first-order valence-corrected chi connectivity index (χ1v) is 10.3. The van der Waals surface area contributed by atoms with E-state index in [1.807, 2.05) is 42.8 Å². The molecule has 2 aromatic rings. The number of carbonyl (C=O) groups excluding carboxylic acids is 1. The van der Waals surface area contributed by atoms with Crippen LogP contribution in [0.5, 0.6) is 0 Å². The summed E-state index contributed by atoms with van der Waals surface area (Å²) in [7, 11) is 0. The van der Waals surface area contributed by atoms with Crippen molar-refractivity contribution in [1.29, 1.82) is 0 Å². The van der Waals surface area contributed by atoms with Crippen LogP contribution in [-0.4, -0.2) is 63.6 Å². The Morgan fingerprint density at radius 1 is 1.46 bits per heavy atom. The van der Waals surface area contributed by atoms with Gasteiger partial charge in [0.05, 0.1) is 17.4 Å². The molecule has 1 aromatic carbocycles. The molecule has 0 aliphatic carbocycles. The van der Waals surface area contributed by atoms with Gasteiger partial charge in [-0.2, -0.15) is 11.8 Å². The lowest BCUT2D eigenvalue weighted by Crippen LogP contribution is -2.62. The Morgan fingerprint density at radius 2 is 2.27 bits per heavy atom. The zero-order valence-electron chi connectivity index (χ0n) is 15.0. The summed E-state index contributed by atoms with van der Waals surface area (Å²) in [5.74, 6) is 1.31. The number of thioether (sulfide) groups is 1. The molecule has 1 saturated heterocycles. The fourth-order valence-corrected chi connectivity index (χ4v) is 3.94. The molecule has 0 saturated carbocycles. The summed E-state index contributed by atoms with van der Waals surface area (Å²) < 4.78 is 0. The van der Waals surface area contributed by atoms with Crippen molar-refractivity contribution in [2.24, 2.45) is 0 Å². The standard InChI is InChI=1S/C19H26N4O2S/c1-26-14-18(25)22-19(15-5-3-2-4-6-15)8-12-23(13-16(19)24)11-7-17-20-9-10-21-17/h2-6,9-10,16,24H,7-8,11-14H2,1H3,(H,20,21)(H,22,25)/t16-,19+/m1/s1. The van der Waals surface area contributed by atoms with Crippen LogP contribution >= 0.6 is 11.8 Å². The molecule has 0 radical (unpaired) electrons. The number of imidazole rings is 1. The molecule has 1 fully saturated rings. The summed E-state index contributed by atoms with van der Waals surface area (Å²) in [5.41, 5.74) is 0.238. The van der Waals surface area contributed by atoms with Gasteiger partial charge in [0.25, 0.3) is 0 Å². The normalized spacial score (nSPS) is 23.7. The first-order valence-electron chi connectivity index (χ1n) is 8.88. The molecule has 26 heavy (non-hydrogen) atoms. The lowest BCUT2D eigenvalue weighted by molar-refractivity contribution is -0.124. The number of nitrogens with one attached hydrogen (secondary N) is 2. The van der Waals surface area contributed by atoms with Gasteiger partial charge in [0.1, 0.15) is 5.82 Å². The van der Waals surface area contributed by atoms with Gasteiger partial charge in [-0.05, 0) is 18.2 Å². The fourth-order valence-electron chi connectivity index (χ4n) is 3.60. The highest BCUT2D eigenvalue weighted by Crippen LogP contribution is 2.33. The Labute approximate surface area is 158 Å². The average molecular weight is 375 g/mol. The smallest absolute Gasteiger partial charge is 0.230 e. The number of amides is 1. The molecular weight excluding hydrogens is 348 g/mol. The topological polar surface area (TPSA) is 81.2 Å². The molecule has 0 spiro atoms. The molecular formula is C19H26N4O2S. The largest absolute Gasteiger partial charge is 0.389 e. The Morgan fingerprint density at radius 3 is 2.92 bits per heavy atom. The van der Waals surface area contributed by atoms with E-state index >= 15 is 0 Å². The number of piperidine rings is 1. The van der Waals surface area contributed by atoms with Gasteiger partial charge in [-0.3, -0.25) is 4.79 Å². The Kier molecular flexibility index (Phi) is 6.34. The predicted octanol–water partition coefficient (Wildman–Crippen LogP) is 1.39. The van der Waals surface area contributed by atoms with Crippen LogP contribution in [0.15, 0.2) is 42.7 Å². The van der Waals surface area contributed by atoms with E-state index in [1.165, 1.54) is 11.8 Å². The highest BCUT2D eigenvalue weighted by atomic mass is 32.2. The molecule has 1 amide bonds. The minimum absolute atomic E-state index is 0.0376. The SMILES string of the molecule is CSCC(=O)N[C@]1(c2ccccc2)CCN(CCc2ncc[nH]2)C[C@H]1O. The van der Waals surface area contributed by atoms with Crippen molar-refractivity contribution in [3.8, 4) is 0 Å². The van der Waals surface area contributed by atoms with Gasteiger partial charge in [-0.25, -0.2) is 4.98 Å². The number of hydrogen-bond acceptors (Lipinski definition) is 5. The second-order valence-electron chi connectivity index (χ2n) is 6.67. The third-order valence-electron chi connectivity index (χ3n) is 4.97. The monoisotopic (exact) mass is 374 g/mol. The van der Waals surface area contributed by atoms with E-state index in [9.17, 15) is 9.90 Å². The highest BCUT2D eigenvalue weighted by Gasteiger charge is 2.44. The number of hydrogen-bond donors (Lipinski definition) is 3. The molecule has 2 atom stereocenters. The van der Waals surface area contributed by atoms with Crippen molar-refractivity contribution in [2.45, 2.75) is 24.5 Å². The first kappa shape index (κ1) is 18.9. The highest BCUT2D eigenvalue weighted by molar-refractivity contribution is 7.99. The van der Waals surface area contributed by atoms with Gasteiger partial charge in [0, 0.05) is 38.4 Å². The van der Waals surface area contributed by atoms with Gasteiger partial charge in [0.15, 0.2) is 0 Å². The number of likely N-dealkylation sites (tertiary alicyclic amines) is 1. The van der Waals surface area contributed by atoms with Crippen LogP contribution in [0.2, 0.25) is 0 Å². The zero-order valence-corrected chi connectivity index (χ0v) is 15.8. The molecule has 7 heteroatoms. The summed E-state index contributed by atoms with van der Waals surface area (Å²) in [5, 5.41) is 14.2. The predicted molar refractivity (Wildman–Crippen MR) is 104 cm³/mol. The fraction of sp³-hybridized carbons (Fsp3) is 0.474. The number of aliphatic hydroxyl groups is 1. The van der Waals surface area contributed by atoms with E-state index in [2.05, 4.69) is 20.2 Å². The van der Waals surface area contributed by atoms with Crippen molar-refractivity contribution in [3.05, 3.63) is 54.1 Å². The van der Waals surface area contributed by atoms with E-state index in [0.717, 1.165) is 30.9 Å². The van der Waals surface area contributed by atoms with Gasteiger partial charge >= 0.3 is 0 Å². The first-order chi connectivity index (χ1) is 12.6. The van der Waals surface area contributed by atoms with E-state index in [0.29, 0.717) is 18.7 Å². The molecule has 0 bridgehead atoms. The van der Waals surface area contributed by atoms with Crippen LogP contribution in [0.25, 0.3) is 0 Å². The summed E-state index contributed by atoms with van der Waals surface area (Å²) >= 11 is 1.49. The van der Waals surface area contributed by atoms with Crippen molar-refractivity contribution < 1.29 is 9.90 Å². The molecule has 0 unspecified atom stereocenters. The molecule has 6 nitrogen and oxygen atoms in total. The number of benzene rings is 1. The third kappa shape index (κ3) is 4.28. The van der Waals surface area contributed by atoms with Gasteiger partial charge in [0.2, 0.25) is 5.91 Å². The molecule has 1 aliphatic heterocycles. The van der Waals surface area contributed by atoms with E-state index < -0.39 is 11.6 Å². The maximum absolute atomic E-state index is 12.3. The number of H-pyrrole nitrogens is 1. The minimum Gasteiger partial charge on any atom is -0.389 e. The maximum Gasteiger partial charge on any atom is 0.230 e. The Bertz CT molecular complexity index is 695. The van der Waals surface area contributed by atoms with Gasteiger partial charge in [-0.1, -0.05) is 30.3 Å². The number of nitrogens with zero attached hydrogens (tertiary/aromatic N) is 2. The number of β-amino-alcohol motifs (C(OH)–C–C–N with tert-alkyl or cyclic N) is 1. The number of aromatic amines is 1. The molecule has 2 heterocycles. The van der Waals surface area contributed by atoms with E-state index in [1.54, 1.807) is 6.20 Å². The Hall–Kier alpha value is -1.83. The number of carbonyl (C=O) groups is 1. The van der Waals surface area contributed by atoms with Crippen LogP contribution in [0.4, 0.5) is 0 Å². The number of aliphatic hydroxyl groups excluding tert-OH is 1. The van der Waals surface area contributed by atoms with Crippen LogP contribution in [0.1, 0.15) is 17.8 Å². The number of rotatable bonds is 7. The summed E-state index contributed by atoms with van der Waals surface area (Å²) in [6.07, 6.45) is 6.31. The van der Waals surface area contributed by atoms with Crippen LogP contribution < -0.4 is 5.32 Å². The Balaban J connectivity index is 1.72. The van der Waals surface area contributed by atoms with Crippen molar-refractivity contribution in [2.75, 3.05) is 31.6 Å². The second kappa shape index (κ2) is 8.70. The summed E-state index contributed by atoms with van der Waals surface area (Å²) in [6, 6.07) is 9.83. The number of aromatic nitrogens is 2. The van der Waals surface area contributed by atoms with Crippen molar-refractivity contribution in [1.82, 2.24) is 20.2 Å². The van der Waals surface area contributed by atoms with Crippen molar-refractivity contribution in [3.63, 3.8) is 0 Å². The van der Waals surface area contributed by atoms with Crippen molar-refractivity contribution >= 4 is 17.7 Å². The summed E-state index contributed by atoms with van der Waals surface area (Å²) in [4.78, 5) is 21.9. The van der Waals surface area contributed by atoms with Crippen LogP contribution in [0, 0.1) is 0 Å². The van der Waals surface area contributed by atoms with E-state index in [-0.39, 0.29) is 5.91 Å². The zero-order chi connectivity index (χ0) is 18.4.